The van der Waals surface area contributed by atoms with E-state index in [0.717, 1.165) is 50.5 Å². The number of H-pyrrole nitrogens is 1. The Morgan fingerprint density at radius 2 is 1.53 bits per heavy atom. The number of aromatic nitrogens is 5. The van der Waals surface area contributed by atoms with Gasteiger partial charge in [0.15, 0.2) is 0 Å². The minimum absolute atomic E-state index is 0.474. The summed E-state index contributed by atoms with van der Waals surface area (Å²) in [4.78, 5) is 16.7. The maximum Gasteiger partial charge on any atom is 0.145 e. The van der Waals surface area contributed by atoms with Crippen molar-refractivity contribution in [3.05, 3.63) is 104 Å². The van der Waals surface area contributed by atoms with Crippen molar-refractivity contribution in [2.45, 2.75) is 6.54 Å². The summed E-state index contributed by atoms with van der Waals surface area (Å²) in [5.74, 6) is 2.22. The van der Waals surface area contributed by atoms with Gasteiger partial charge in [0.05, 0.1) is 43.8 Å². The molecular weight excluding hydrogens is 476 g/mol. The highest BCUT2D eigenvalue weighted by Crippen LogP contribution is 2.35. The number of aromatic amines is 1. The lowest BCUT2D eigenvalue weighted by Crippen LogP contribution is -2.04. The zero-order valence-corrected chi connectivity index (χ0v) is 21.1. The molecule has 3 aromatic heterocycles. The SMILES string of the molecule is COc1cccc(OC)c1NCc1nc2cc(-c3ccc(-c4ccncc4)cc3)c(-n3ccnc3)cc2[nH]1. The molecule has 3 aromatic carbocycles. The molecule has 0 amide bonds. The Morgan fingerprint density at radius 3 is 2.21 bits per heavy atom. The topological polar surface area (TPSA) is 89.9 Å². The maximum atomic E-state index is 5.51. The van der Waals surface area contributed by atoms with Gasteiger partial charge in [-0.2, -0.15) is 0 Å². The van der Waals surface area contributed by atoms with Crippen LogP contribution in [0.1, 0.15) is 5.82 Å². The van der Waals surface area contributed by atoms with Gasteiger partial charge in [0.1, 0.15) is 23.0 Å². The van der Waals surface area contributed by atoms with E-state index in [1.807, 2.05) is 59.8 Å². The van der Waals surface area contributed by atoms with Gasteiger partial charge in [0.2, 0.25) is 0 Å². The van der Waals surface area contributed by atoms with Crippen molar-refractivity contribution in [2.24, 2.45) is 0 Å². The summed E-state index contributed by atoms with van der Waals surface area (Å²) in [5.41, 5.74) is 8.05. The summed E-state index contributed by atoms with van der Waals surface area (Å²) in [6.45, 7) is 0.474. The average molecular weight is 503 g/mol. The molecule has 0 aliphatic heterocycles. The fourth-order valence-electron chi connectivity index (χ4n) is 4.61. The molecular formula is C30H26N6O2. The number of methoxy groups -OCH3 is 2. The highest BCUT2D eigenvalue weighted by atomic mass is 16.5. The van der Waals surface area contributed by atoms with E-state index in [2.05, 4.69) is 56.7 Å². The second kappa shape index (κ2) is 10.1. The Hall–Kier alpha value is -5.11. The van der Waals surface area contributed by atoms with Crippen LogP contribution in [-0.4, -0.2) is 38.7 Å². The Bertz CT molecular complexity index is 1650. The zero-order valence-electron chi connectivity index (χ0n) is 21.1. The molecule has 3 heterocycles. The van der Waals surface area contributed by atoms with Crippen LogP contribution in [0.2, 0.25) is 0 Å². The van der Waals surface area contributed by atoms with Crippen molar-refractivity contribution >= 4 is 16.7 Å². The fourth-order valence-corrected chi connectivity index (χ4v) is 4.61. The molecule has 6 rings (SSSR count). The minimum Gasteiger partial charge on any atom is -0.494 e. The van der Waals surface area contributed by atoms with Crippen molar-refractivity contribution in [1.82, 2.24) is 24.5 Å². The van der Waals surface area contributed by atoms with Crippen LogP contribution in [0.25, 0.3) is 39.0 Å². The molecule has 0 aliphatic carbocycles. The van der Waals surface area contributed by atoms with Crippen molar-refractivity contribution in [2.75, 3.05) is 19.5 Å². The first-order chi connectivity index (χ1) is 18.7. The predicted octanol–water partition coefficient (Wildman–Crippen LogP) is 6.11. The van der Waals surface area contributed by atoms with Gasteiger partial charge in [-0.05, 0) is 53.1 Å². The lowest BCUT2D eigenvalue weighted by Gasteiger charge is -2.13. The minimum atomic E-state index is 0.474. The molecule has 38 heavy (non-hydrogen) atoms. The molecule has 0 saturated carbocycles. The van der Waals surface area contributed by atoms with E-state index in [0.29, 0.717) is 18.0 Å². The first-order valence-corrected chi connectivity index (χ1v) is 12.2. The van der Waals surface area contributed by atoms with E-state index in [1.54, 1.807) is 20.4 Å². The molecule has 0 saturated heterocycles. The normalized spacial score (nSPS) is 11.0. The van der Waals surface area contributed by atoms with E-state index in [4.69, 9.17) is 14.5 Å². The third-order valence-corrected chi connectivity index (χ3v) is 6.50. The number of anilines is 1. The fraction of sp³-hybridized carbons (Fsp3) is 0.100. The summed E-state index contributed by atoms with van der Waals surface area (Å²) >= 11 is 0. The first-order valence-electron chi connectivity index (χ1n) is 12.2. The lowest BCUT2D eigenvalue weighted by atomic mass is 9.99. The van der Waals surface area contributed by atoms with Crippen LogP contribution in [-0.2, 0) is 6.54 Å². The second-order valence-corrected chi connectivity index (χ2v) is 8.74. The highest BCUT2D eigenvalue weighted by molar-refractivity contribution is 5.88. The Kier molecular flexibility index (Phi) is 6.19. The number of nitrogens with zero attached hydrogens (tertiary/aromatic N) is 4. The number of para-hydroxylation sites is 1. The predicted molar refractivity (Wildman–Crippen MR) is 149 cm³/mol. The molecule has 0 aliphatic rings. The number of nitrogens with one attached hydrogen (secondary N) is 2. The smallest absolute Gasteiger partial charge is 0.145 e. The van der Waals surface area contributed by atoms with Gasteiger partial charge >= 0.3 is 0 Å². The van der Waals surface area contributed by atoms with Crippen molar-refractivity contribution in [3.8, 4) is 39.4 Å². The number of fused-ring (bicyclic) bond motifs is 1. The van der Waals surface area contributed by atoms with Crippen LogP contribution in [0.5, 0.6) is 11.5 Å². The Morgan fingerprint density at radius 1 is 0.816 bits per heavy atom. The summed E-state index contributed by atoms with van der Waals surface area (Å²) < 4.78 is 13.0. The molecule has 8 heteroatoms. The van der Waals surface area contributed by atoms with Gasteiger partial charge in [0, 0.05) is 30.4 Å². The van der Waals surface area contributed by atoms with Gasteiger partial charge in [0.25, 0.3) is 0 Å². The first kappa shape index (κ1) is 23.3. The summed E-state index contributed by atoms with van der Waals surface area (Å²) in [5, 5.41) is 3.41. The summed E-state index contributed by atoms with van der Waals surface area (Å²) in [6, 6.07) is 22.5. The quantitative estimate of drug-likeness (QED) is 0.261. The standard InChI is InChI=1S/C30H26N6O2/c1-37-27-4-3-5-28(38-2)30(27)33-18-29-34-24-16-23(26(17-25(24)35-29)36-15-14-32-19-36)22-8-6-20(7-9-22)21-10-12-31-13-11-21/h3-17,19,33H,18H2,1-2H3,(H,34,35). The maximum absolute atomic E-state index is 5.51. The molecule has 188 valence electrons. The van der Waals surface area contributed by atoms with Gasteiger partial charge in [-0.1, -0.05) is 30.3 Å². The van der Waals surface area contributed by atoms with E-state index in [-0.39, 0.29) is 0 Å². The molecule has 0 unspecified atom stereocenters. The number of rotatable bonds is 8. The number of hydrogen-bond acceptors (Lipinski definition) is 6. The van der Waals surface area contributed by atoms with Crippen LogP contribution in [0.3, 0.4) is 0 Å². The molecule has 8 nitrogen and oxygen atoms in total. The highest BCUT2D eigenvalue weighted by Gasteiger charge is 2.14. The molecule has 6 aromatic rings. The number of ether oxygens (including phenoxy) is 2. The zero-order chi connectivity index (χ0) is 25.9. The van der Waals surface area contributed by atoms with Crippen LogP contribution >= 0.6 is 0 Å². The summed E-state index contributed by atoms with van der Waals surface area (Å²) in [6.07, 6.45) is 9.15. The second-order valence-electron chi connectivity index (χ2n) is 8.74. The molecule has 0 radical (unpaired) electrons. The van der Waals surface area contributed by atoms with Crippen molar-refractivity contribution in [1.29, 1.82) is 0 Å². The van der Waals surface area contributed by atoms with Gasteiger partial charge in [-0.15, -0.1) is 0 Å². The number of benzene rings is 3. The third kappa shape index (κ3) is 4.43. The largest absolute Gasteiger partial charge is 0.494 e. The van der Waals surface area contributed by atoms with Gasteiger partial charge in [-0.25, -0.2) is 9.97 Å². The van der Waals surface area contributed by atoms with Crippen LogP contribution in [0.4, 0.5) is 5.69 Å². The Labute approximate surface area is 220 Å². The summed E-state index contributed by atoms with van der Waals surface area (Å²) in [7, 11) is 3.29. The third-order valence-electron chi connectivity index (χ3n) is 6.50. The number of pyridine rings is 1. The molecule has 2 N–H and O–H groups in total. The van der Waals surface area contributed by atoms with Crippen LogP contribution in [0, 0.1) is 0 Å². The molecule has 0 fully saturated rings. The number of hydrogen-bond donors (Lipinski definition) is 2. The molecule has 0 spiro atoms. The van der Waals surface area contributed by atoms with E-state index >= 15 is 0 Å². The van der Waals surface area contributed by atoms with E-state index < -0.39 is 0 Å². The average Bonchev–Trinajstić information content (AvgIpc) is 3.65. The molecule has 0 bridgehead atoms. The van der Waals surface area contributed by atoms with E-state index in [1.165, 1.54) is 0 Å². The lowest BCUT2D eigenvalue weighted by molar-refractivity contribution is 0.397. The molecule has 0 atom stereocenters. The van der Waals surface area contributed by atoms with Gasteiger partial charge < -0.3 is 24.3 Å². The van der Waals surface area contributed by atoms with Crippen molar-refractivity contribution in [3.63, 3.8) is 0 Å². The van der Waals surface area contributed by atoms with Crippen LogP contribution in [0.15, 0.2) is 97.8 Å². The monoisotopic (exact) mass is 502 g/mol. The van der Waals surface area contributed by atoms with Gasteiger partial charge in [-0.3, -0.25) is 4.98 Å². The van der Waals surface area contributed by atoms with Crippen molar-refractivity contribution < 1.29 is 9.47 Å². The van der Waals surface area contributed by atoms with E-state index in [9.17, 15) is 0 Å². The Balaban J connectivity index is 1.36. The number of imidazole rings is 2. The van der Waals surface area contributed by atoms with Crippen LogP contribution < -0.4 is 14.8 Å².